The number of hydrogen-bond acceptors (Lipinski definition) is 4. The van der Waals surface area contributed by atoms with Crippen molar-refractivity contribution in [1.29, 1.82) is 0 Å². The second-order valence-electron chi connectivity index (χ2n) is 4.45. The van der Waals surface area contributed by atoms with Crippen LogP contribution in [0.1, 0.15) is 13.3 Å². The highest BCUT2D eigenvalue weighted by atomic mass is 35.5. The molecule has 2 atom stereocenters. The van der Waals surface area contributed by atoms with Gasteiger partial charge in [0.2, 0.25) is 5.91 Å². The molecule has 18 heavy (non-hydrogen) atoms. The van der Waals surface area contributed by atoms with Crippen LogP contribution in [0, 0.1) is 5.92 Å². The van der Waals surface area contributed by atoms with E-state index in [9.17, 15) is 9.59 Å². The second-order valence-corrected chi connectivity index (χ2v) is 4.45. The highest BCUT2D eigenvalue weighted by Gasteiger charge is 2.29. The predicted octanol–water partition coefficient (Wildman–Crippen LogP) is -0.206. The van der Waals surface area contributed by atoms with Gasteiger partial charge in [-0.05, 0) is 39.4 Å². The van der Waals surface area contributed by atoms with Crippen molar-refractivity contribution >= 4 is 24.3 Å². The molecule has 0 saturated carbocycles. The Hall–Kier alpha value is -0.850. The molecule has 1 heterocycles. The van der Waals surface area contributed by atoms with Crippen molar-refractivity contribution in [3.63, 3.8) is 0 Å². The maximum Gasteiger partial charge on any atom is 0.321 e. The molecule has 0 radical (unpaired) electrons. The molecule has 0 bridgehead atoms. The Labute approximate surface area is 114 Å². The molecule has 3 amide bonds. The third kappa shape index (κ3) is 4.80. The summed E-state index contributed by atoms with van der Waals surface area (Å²) in [7, 11) is 3.43. The Morgan fingerprint density at radius 1 is 1.39 bits per heavy atom. The fourth-order valence-corrected chi connectivity index (χ4v) is 2.11. The fourth-order valence-electron chi connectivity index (χ4n) is 2.11. The number of likely N-dealkylation sites (tertiary alicyclic amines) is 1. The lowest BCUT2D eigenvalue weighted by atomic mass is 10.1. The van der Waals surface area contributed by atoms with Crippen molar-refractivity contribution in [2.75, 3.05) is 33.7 Å². The summed E-state index contributed by atoms with van der Waals surface area (Å²) in [6, 6.07) is -0.707. The smallest absolute Gasteiger partial charge is 0.321 e. The van der Waals surface area contributed by atoms with Gasteiger partial charge < -0.3 is 10.6 Å². The summed E-state index contributed by atoms with van der Waals surface area (Å²) >= 11 is 0. The van der Waals surface area contributed by atoms with E-state index < -0.39 is 6.03 Å². The minimum Gasteiger partial charge on any atom is -0.341 e. The van der Waals surface area contributed by atoms with Crippen LogP contribution < -0.4 is 16.0 Å². The third-order valence-electron chi connectivity index (χ3n) is 3.20. The van der Waals surface area contributed by atoms with E-state index in [1.165, 1.54) is 7.05 Å². The van der Waals surface area contributed by atoms with Gasteiger partial charge in [-0.25, -0.2) is 4.79 Å². The molecule has 0 spiro atoms. The first-order valence-corrected chi connectivity index (χ1v) is 5.99. The number of urea groups is 1. The standard InChI is InChI=1S/C11H22N4O2.ClH/c1-8(10(16)14-11(17)13-3)15-5-4-9(7-15)6-12-2;/h8-9,12H,4-7H2,1-3H3,(H2,13,14,16,17);1H. The van der Waals surface area contributed by atoms with Gasteiger partial charge >= 0.3 is 6.03 Å². The Balaban J connectivity index is 0.00000289. The molecule has 3 N–H and O–H groups in total. The first kappa shape index (κ1) is 17.2. The van der Waals surface area contributed by atoms with Gasteiger partial charge in [0.05, 0.1) is 6.04 Å². The third-order valence-corrected chi connectivity index (χ3v) is 3.20. The molecular weight excluding hydrogens is 256 g/mol. The van der Waals surface area contributed by atoms with Gasteiger partial charge in [-0.1, -0.05) is 0 Å². The number of rotatable bonds is 4. The van der Waals surface area contributed by atoms with Gasteiger partial charge in [0, 0.05) is 13.6 Å². The van der Waals surface area contributed by atoms with Crippen molar-refractivity contribution in [1.82, 2.24) is 20.9 Å². The quantitative estimate of drug-likeness (QED) is 0.666. The van der Waals surface area contributed by atoms with E-state index in [0.29, 0.717) is 5.92 Å². The summed E-state index contributed by atoms with van der Waals surface area (Å²) in [6.07, 6.45) is 1.10. The Bertz CT molecular complexity index is 288. The molecule has 0 aromatic carbocycles. The van der Waals surface area contributed by atoms with E-state index in [-0.39, 0.29) is 24.4 Å². The Kier molecular flexibility index (Phi) is 7.90. The summed E-state index contributed by atoms with van der Waals surface area (Å²) in [5, 5.41) is 7.83. The molecule has 1 saturated heterocycles. The van der Waals surface area contributed by atoms with E-state index >= 15 is 0 Å². The van der Waals surface area contributed by atoms with Gasteiger partial charge in [0.1, 0.15) is 0 Å². The predicted molar refractivity (Wildman–Crippen MR) is 72.9 cm³/mol. The number of nitrogens with zero attached hydrogens (tertiary/aromatic N) is 1. The molecule has 1 aliphatic heterocycles. The molecule has 1 rings (SSSR count). The average molecular weight is 279 g/mol. The van der Waals surface area contributed by atoms with Gasteiger partial charge in [0.25, 0.3) is 0 Å². The lowest BCUT2D eigenvalue weighted by molar-refractivity contribution is -0.124. The number of imide groups is 1. The van der Waals surface area contributed by atoms with Gasteiger partial charge in [-0.2, -0.15) is 0 Å². The van der Waals surface area contributed by atoms with Crippen LogP contribution in [0.25, 0.3) is 0 Å². The number of carbonyl (C=O) groups is 2. The largest absolute Gasteiger partial charge is 0.341 e. The summed E-state index contributed by atoms with van der Waals surface area (Å²) in [5.74, 6) is 0.352. The van der Waals surface area contributed by atoms with Crippen LogP contribution in [0.5, 0.6) is 0 Å². The summed E-state index contributed by atoms with van der Waals surface area (Å²) in [4.78, 5) is 24.9. The van der Waals surface area contributed by atoms with Crippen LogP contribution in [-0.4, -0.2) is 56.6 Å². The zero-order valence-electron chi connectivity index (χ0n) is 11.2. The van der Waals surface area contributed by atoms with Gasteiger partial charge in [-0.3, -0.25) is 15.0 Å². The summed E-state index contributed by atoms with van der Waals surface area (Å²) in [6.45, 7) is 4.62. The molecule has 0 aliphatic carbocycles. The number of amides is 3. The van der Waals surface area contributed by atoms with E-state index in [1.807, 2.05) is 14.0 Å². The second kappa shape index (κ2) is 8.29. The van der Waals surface area contributed by atoms with Crippen molar-refractivity contribution in [2.24, 2.45) is 5.92 Å². The van der Waals surface area contributed by atoms with Crippen molar-refractivity contribution in [2.45, 2.75) is 19.4 Å². The summed E-state index contributed by atoms with van der Waals surface area (Å²) in [5.41, 5.74) is 0. The summed E-state index contributed by atoms with van der Waals surface area (Å²) < 4.78 is 0. The SMILES string of the molecule is CNCC1CCN(C(C)C(=O)NC(=O)NC)C1.Cl. The fraction of sp³-hybridized carbons (Fsp3) is 0.818. The van der Waals surface area contributed by atoms with E-state index in [0.717, 1.165) is 26.1 Å². The lowest BCUT2D eigenvalue weighted by Crippen LogP contribution is -2.48. The molecular formula is C11H23ClN4O2. The number of nitrogens with one attached hydrogen (secondary N) is 3. The zero-order valence-corrected chi connectivity index (χ0v) is 12.0. The minimum atomic E-state index is -0.451. The first-order valence-electron chi connectivity index (χ1n) is 5.99. The van der Waals surface area contributed by atoms with Crippen LogP contribution >= 0.6 is 12.4 Å². The number of hydrogen-bond donors (Lipinski definition) is 3. The van der Waals surface area contributed by atoms with Crippen LogP contribution in [0.15, 0.2) is 0 Å². The highest BCUT2D eigenvalue weighted by molar-refractivity contribution is 5.96. The zero-order chi connectivity index (χ0) is 12.8. The molecule has 1 aliphatic rings. The topological polar surface area (TPSA) is 73.5 Å². The molecule has 0 aromatic heterocycles. The van der Waals surface area contributed by atoms with Gasteiger partial charge in [-0.15, -0.1) is 12.4 Å². The molecule has 2 unspecified atom stereocenters. The van der Waals surface area contributed by atoms with E-state index in [2.05, 4.69) is 20.9 Å². The van der Waals surface area contributed by atoms with Crippen molar-refractivity contribution in [3.8, 4) is 0 Å². The van der Waals surface area contributed by atoms with Crippen molar-refractivity contribution < 1.29 is 9.59 Å². The maximum absolute atomic E-state index is 11.7. The lowest BCUT2D eigenvalue weighted by Gasteiger charge is -2.23. The van der Waals surface area contributed by atoms with Crippen LogP contribution in [0.2, 0.25) is 0 Å². The normalized spacial score (nSPS) is 20.9. The van der Waals surface area contributed by atoms with Crippen LogP contribution in [0.3, 0.4) is 0 Å². The Morgan fingerprint density at radius 3 is 2.61 bits per heavy atom. The molecule has 7 heteroatoms. The minimum absolute atomic E-state index is 0. The van der Waals surface area contributed by atoms with E-state index in [1.54, 1.807) is 0 Å². The molecule has 6 nitrogen and oxygen atoms in total. The van der Waals surface area contributed by atoms with Crippen LogP contribution in [0.4, 0.5) is 4.79 Å². The molecule has 106 valence electrons. The highest BCUT2D eigenvalue weighted by Crippen LogP contribution is 2.17. The molecule has 1 fully saturated rings. The Morgan fingerprint density at radius 2 is 2.06 bits per heavy atom. The average Bonchev–Trinajstić information content (AvgIpc) is 2.76. The van der Waals surface area contributed by atoms with E-state index in [4.69, 9.17) is 0 Å². The number of halogens is 1. The van der Waals surface area contributed by atoms with Crippen molar-refractivity contribution in [3.05, 3.63) is 0 Å². The maximum atomic E-state index is 11.7. The molecule has 0 aromatic rings. The van der Waals surface area contributed by atoms with Crippen LogP contribution in [-0.2, 0) is 4.79 Å². The van der Waals surface area contributed by atoms with Gasteiger partial charge in [0.15, 0.2) is 0 Å². The first-order chi connectivity index (χ1) is 8.08. The number of carbonyl (C=O) groups excluding carboxylic acids is 2. The monoisotopic (exact) mass is 278 g/mol.